The van der Waals surface area contributed by atoms with Crippen molar-refractivity contribution < 1.29 is 29.3 Å². The summed E-state index contributed by atoms with van der Waals surface area (Å²) < 4.78 is 11.1. The van der Waals surface area contributed by atoms with Gasteiger partial charge in [0, 0.05) is 18.3 Å². The molecule has 3 rings (SSSR count). The van der Waals surface area contributed by atoms with Crippen LogP contribution in [0.3, 0.4) is 0 Å². The molecule has 0 aliphatic heterocycles. The van der Waals surface area contributed by atoms with Gasteiger partial charge in [-0.25, -0.2) is 4.79 Å². The largest absolute Gasteiger partial charge is 0.481 e. The first-order valence-corrected chi connectivity index (χ1v) is 10.9. The van der Waals surface area contributed by atoms with Gasteiger partial charge in [-0.2, -0.15) is 0 Å². The van der Waals surface area contributed by atoms with Gasteiger partial charge in [0.15, 0.2) is 6.29 Å². The van der Waals surface area contributed by atoms with Crippen molar-refractivity contribution >= 4 is 12.1 Å². The van der Waals surface area contributed by atoms with E-state index in [-0.39, 0.29) is 31.3 Å². The van der Waals surface area contributed by atoms with Gasteiger partial charge in [-0.15, -0.1) is 0 Å². The first-order chi connectivity index (χ1) is 14.7. The summed E-state index contributed by atoms with van der Waals surface area (Å²) in [6.45, 7) is 5.54. The number of alkyl carbamates (subject to hydrolysis) is 1. The minimum Gasteiger partial charge on any atom is -0.481 e. The van der Waals surface area contributed by atoms with Crippen LogP contribution >= 0.6 is 0 Å². The van der Waals surface area contributed by atoms with Crippen LogP contribution in [0, 0.1) is 17.8 Å². The molecule has 3 N–H and O–H groups in total. The van der Waals surface area contributed by atoms with E-state index in [0.717, 1.165) is 12.8 Å². The summed E-state index contributed by atoms with van der Waals surface area (Å²) in [6, 6.07) is -0.888. The molecular formula is C24H33NO6. The van der Waals surface area contributed by atoms with E-state index in [4.69, 9.17) is 14.6 Å². The predicted molar refractivity (Wildman–Crippen MR) is 116 cm³/mol. The summed E-state index contributed by atoms with van der Waals surface area (Å²) in [5.74, 6) is -0.312. The van der Waals surface area contributed by atoms with Crippen molar-refractivity contribution in [3.63, 3.8) is 0 Å². The molecule has 31 heavy (non-hydrogen) atoms. The Labute approximate surface area is 183 Å². The number of hydrogen-bond donors (Lipinski definition) is 3. The molecule has 0 aromatic rings. The van der Waals surface area contributed by atoms with E-state index in [1.165, 1.54) is 11.1 Å². The Hall–Kier alpha value is -2.38. The zero-order chi connectivity index (χ0) is 22.6. The third-order valence-electron chi connectivity index (χ3n) is 5.88. The minimum absolute atomic E-state index is 0.0291. The molecule has 0 aromatic carbocycles. The van der Waals surface area contributed by atoms with Gasteiger partial charge in [0.05, 0.1) is 11.6 Å². The molecule has 1 amide bonds. The molecule has 5 atom stereocenters. The third-order valence-corrected chi connectivity index (χ3v) is 5.88. The highest BCUT2D eigenvalue weighted by atomic mass is 16.6. The van der Waals surface area contributed by atoms with Gasteiger partial charge in [-0.05, 0) is 51.5 Å². The topological polar surface area (TPSA) is 105 Å². The summed E-state index contributed by atoms with van der Waals surface area (Å²) >= 11 is 0. The average Bonchev–Trinajstić information content (AvgIpc) is 3.02. The lowest BCUT2D eigenvalue weighted by atomic mass is 9.82. The second-order valence-corrected chi connectivity index (χ2v) is 9.30. The molecule has 0 spiro atoms. The smallest absolute Gasteiger partial charge is 0.407 e. The standard InChI is InChI=1S/C24H33NO6/c1-24(2,3)31-22(28)20(12-13-21(26)27)25-23(29)30-14-19-17-10-6-4-8-15(17)16-9-5-7-11-18(16)19/h4,6-8,10-11,15,17,19-20,22,28H,5,9,12-14H2,1-3H3,(H,25,29)(H,26,27)/t15-,17?,19?,20+,22+/m1/s1. The maximum atomic E-state index is 12.5. The maximum absolute atomic E-state index is 12.5. The second kappa shape index (κ2) is 9.83. The summed E-state index contributed by atoms with van der Waals surface area (Å²) in [5, 5.41) is 22.0. The number of hydrogen-bond acceptors (Lipinski definition) is 5. The number of allylic oxidation sites excluding steroid dienone is 7. The van der Waals surface area contributed by atoms with Crippen LogP contribution < -0.4 is 5.32 Å². The van der Waals surface area contributed by atoms with Crippen molar-refractivity contribution in [2.75, 3.05) is 6.61 Å². The SMILES string of the molecule is CC(C)(C)O[C@H](O)[C@H](CCC(=O)O)NC(=O)OCC1C2=C(CCC=C2)[C@H]2C=CC=CC12. The fourth-order valence-electron chi connectivity index (χ4n) is 4.55. The number of carbonyl (C=O) groups excluding carboxylic acids is 1. The molecule has 0 heterocycles. The van der Waals surface area contributed by atoms with E-state index < -0.39 is 30.0 Å². The number of aliphatic carboxylic acids is 1. The van der Waals surface area contributed by atoms with Crippen LogP contribution in [0.1, 0.15) is 46.5 Å². The van der Waals surface area contributed by atoms with Crippen molar-refractivity contribution in [2.45, 2.75) is 64.4 Å². The van der Waals surface area contributed by atoms with E-state index >= 15 is 0 Å². The minimum atomic E-state index is -1.34. The van der Waals surface area contributed by atoms with Gasteiger partial charge in [0.2, 0.25) is 0 Å². The maximum Gasteiger partial charge on any atom is 0.407 e. The molecule has 0 saturated carbocycles. The lowest BCUT2D eigenvalue weighted by Crippen LogP contribution is -2.47. The molecule has 0 radical (unpaired) electrons. The number of carboxylic acids is 1. The lowest BCUT2D eigenvalue weighted by Gasteiger charge is -2.30. The number of carboxylic acid groups (broad SMARTS) is 1. The number of fused-ring (bicyclic) bond motifs is 2. The average molecular weight is 432 g/mol. The van der Waals surface area contributed by atoms with Crippen molar-refractivity contribution in [1.29, 1.82) is 0 Å². The van der Waals surface area contributed by atoms with E-state index in [2.05, 4.69) is 35.7 Å². The normalized spacial score (nSPS) is 26.3. The Morgan fingerprint density at radius 1 is 1.26 bits per heavy atom. The Balaban J connectivity index is 1.62. The van der Waals surface area contributed by atoms with Gasteiger partial charge in [-0.1, -0.05) is 42.0 Å². The molecule has 3 aliphatic carbocycles. The van der Waals surface area contributed by atoms with E-state index in [9.17, 15) is 14.7 Å². The highest BCUT2D eigenvalue weighted by molar-refractivity contribution is 5.69. The summed E-state index contributed by atoms with van der Waals surface area (Å²) in [5.41, 5.74) is 2.03. The monoisotopic (exact) mass is 431 g/mol. The Kier molecular flexibility index (Phi) is 7.38. The number of aliphatic hydroxyl groups excluding tert-OH is 1. The highest BCUT2D eigenvalue weighted by Gasteiger charge is 2.40. The van der Waals surface area contributed by atoms with Crippen LogP contribution in [-0.2, 0) is 14.3 Å². The van der Waals surface area contributed by atoms with Crippen LogP contribution in [0.2, 0.25) is 0 Å². The lowest BCUT2D eigenvalue weighted by molar-refractivity contribution is -0.180. The molecule has 7 heteroatoms. The Bertz CT molecular complexity index is 803. The van der Waals surface area contributed by atoms with Crippen LogP contribution in [0.25, 0.3) is 0 Å². The van der Waals surface area contributed by atoms with E-state index in [1.54, 1.807) is 20.8 Å². The zero-order valence-corrected chi connectivity index (χ0v) is 18.4. The molecule has 0 bridgehead atoms. The Morgan fingerprint density at radius 3 is 2.71 bits per heavy atom. The van der Waals surface area contributed by atoms with Crippen molar-refractivity contribution in [3.8, 4) is 0 Å². The van der Waals surface area contributed by atoms with E-state index in [0.29, 0.717) is 5.92 Å². The second-order valence-electron chi connectivity index (χ2n) is 9.30. The Morgan fingerprint density at radius 2 is 2.00 bits per heavy atom. The van der Waals surface area contributed by atoms with Crippen molar-refractivity contribution in [3.05, 3.63) is 47.6 Å². The van der Waals surface area contributed by atoms with Crippen LogP contribution in [0.5, 0.6) is 0 Å². The molecule has 170 valence electrons. The van der Waals surface area contributed by atoms with E-state index in [1.807, 2.05) is 6.08 Å². The molecule has 7 nitrogen and oxygen atoms in total. The number of ether oxygens (including phenoxy) is 2. The summed E-state index contributed by atoms with van der Waals surface area (Å²) in [6.07, 6.45) is 12.7. The van der Waals surface area contributed by atoms with Crippen molar-refractivity contribution in [1.82, 2.24) is 5.32 Å². The molecule has 0 aromatic heterocycles. The van der Waals surface area contributed by atoms with Crippen LogP contribution in [0.15, 0.2) is 47.6 Å². The van der Waals surface area contributed by atoms with Gasteiger partial charge < -0.3 is 25.0 Å². The number of rotatable bonds is 8. The first kappa shape index (κ1) is 23.3. The van der Waals surface area contributed by atoms with Gasteiger partial charge >= 0.3 is 12.1 Å². The molecule has 0 saturated heterocycles. The zero-order valence-electron chi connectivity index (χ0n) is 18.4. The van der Waals surface area contributed by atoms with Crippen LogP contribution in [-0.4, -0.2) is 46.8 Å². The number of carbonyl (C=O) groups is 2. The van der Waals surface area contributed by atoms with Crippen molar-refractivity contribution in [2.24, 2.45) is 17.8 Å². The number of aliphatic hydroxyl groups is 1. The van der Waals surface area contributed by atoms with Gasteiger partial charge in [0.25, 0.3) is 0 Å². The number of nitrogens with one attached hydrogen (secondary N) is 1. The molecule has 2 unspecified atom stereocenters. The highest BCUT2D eigenvalue weighted by Crippen LogP contribution is 2.48. The summed E-state index contributed by atoms with van der Waals surface area (Å²) in [7, 11) is 0. The predicted octanol–water partition coefficient (Wildman–Crippen LogP) is 3.71. The van der Waals surface area contributed by atoms with Gasteiger partial charge in [0.1, 0.15) is 6.61 Å². The quantitative estimate of drug-likeness (QED) is 0.506. The molecular weight excluding hydrogens is 398 g/mol. The fraction of sp³-hybridized carbons (Fsp3) is 0.583. The third kappa shape index (κ3) is 6.08. The molecule has 0 fully saturated rings. The molecule has 3 aliphatic rings. The van der Waals surface area contributed by atoms with Gasteiger partial charge in [-0.3, -0.25) is 4.79 Å². The summed E-state index contributed by atoms with van der Waals surface area (Å²) in [4.78, 5) is 23.5. The number of amides is 1. The van der Waals surface area contributed by atoms with Crippen LogP contribution in [0.4, 0.5) is 4.79 Å². The first-order valence-electron chi connectivity index (χ1n) is 10.9. The fourth-order valence-corrected chi connectivity index (χ4v) is 4.55.